The Hall–Kier alpha value is -1.69. The van der Waals surface area contributed by atoms with Crippen LogP contribution in [0.2, 0.25) is 0 Å². The lowest BCUT2D eigenvalue weighted by Crippen LogP contribution is -2.39. The van der Waals surface area contributed by atoms with Crippen molar-refractivity contribution in [2.45, 2.75) is 31.9 Å². The van der Waals surface area contributed by atoms with Gasteiger partial charge in [-0.05, 0) is 25.3 Å². The second-order valence-corrected chi connectivity index (χ2v) is 4.08. The van der Waals surface area contributed by atoms with E-state index in [2.05, 4.69) is 10.3 Å². The Morgan fingerprint density at radius 1 is 1.62 bits per heavy atom. The minimum atomic E-state index is -0.461. The van der Waals surface area contributed by atoms with Crippen LogP contribution in [0, 0.1) is 17.0 Å². The van der Waals surface area contributed by atoms with Crippen LogP contribution in [-0.2, 0) is 0 Å². The lowest BCUT2D eigenvalue weighted by molar-refractivity contribution is -0.385. The maximum absolute atomic E-state index is 10.5. The average Bonchev–Trinajstić information content (AvgIpc) is 2.18. The van der Waals surface area contributed by atoms with Gasteiger partial charge in [0.15, 0.2) is 0 Å². The molecule has 2 N–H and O–H groups in total. The molecule has 0 saturated heterocycles. The Labute approximate surface area is 92.5 Å². The highest BCUT2D eigenvalue weighted by Gasteiger charge is 2.27. The lowest BCUT2D eigenvalue weighted by Gasteiger charge is -2.32. The van der Waals surface area contributed by atoms with E-state index in [4.69, 9.17) is 5.11 Å². The number of aromatic nitrogens is 1. The van der Waals surface area contributed by atoms with Gasteiger partial charge in [-0.25, -0.2) is 4.98 Å². The molecule has 1 heterocycles. The van der Waals surface area contributed by atoms with Gasteiger partial charge in [-0.3, -0.25) is 10.1 Å². The summed E-state index contributed by atoms with van der Waals surface area (Å²) in [5, 5.41) is 22.8. The van der Waals surface area contributed by atoms with Gasteiger partial charge in [0.05, 0.1) is 11.0 Å². The van der Waals surface area contributed by atoms with Crippen LogP contribution in [0.3, 0.4) is 0 Å². The topological polar surface area (TPSA) is 88.3 Å². The van der Waals surface area contributed by atoms with E-state index in [9.17, 15) is 10.1 Å². The fourth-order valence-electron chi connectivity index (χ4n) is 1.71. The Kier molecular flexibility index (Phi) is 2.74. The molecule has 0 atom stereocenters. The molecule has 6 heteroatoms. The minimum Gasteiger partial charge on any atom is -0.393 e. The Morgan fingerprint density at radius 2 is 2.31 bits per heavy atom. The number of nitrogens with zero attached hydrogens (tertiary/aromatic N) is 2. The van der Waals surface area contributed by atoms with Crippen LogP contribution in [0.25, 0.3) is 0 Å². The van der Waals surface area contributed by atoms with Gasteiger partial charge in [0.2, 0.25) is 0 Å². The number of nitro groups is 1. The molecule has 1 aromatic rings. The van der Waals surface area contributed by atoms with Gasteiger partial charge in [0.25, 0.3) is 5.69 Å². The molecule has 0 spiro atoms. The van der Waals surface area contributed by atoms with Crippen molar-refractivity contribution in [1.82, 2.24) is 4.98 Å². The number of aliphatic hydroxyl groups excluding tert-OH is 1. The van der Waals surface area contributed by atoms with E-state index >= 15 is 0 Å². The third kappa shape index (κ3) is 2.11. The number of anilines is 1. The summed E-state index contributed by atoms with van der Waals surface area (Å²) in [7, 11) is 0. The molecule has 1 aliphatic carbocycles. The van der Waals surface area contributed by atoms with Gasteiger partial charge >= 0.3 is 0 Å². The monoisotopic (exact) mass is 223 g/mol. The number of hydrogen-bond acceptors (Lipinski definition) is 5. The normalized spacial score (nSPS) is 23.6. The van der Waals surface area contributed by atoms with Crippen LogP contribution in [0.5, 0.6) is 0 Å². The zero-order chi connectivity index (χ0) is 11.7. The van der Waals surface area contributed by atoms with Crippen molar-refractivity contribution in [3.05, 3.63) is 27.9 Å². The standard InChI is InChI=1S/C10H13N3O3/c1-6-2-8(13(15)16)5-11-10(6)12-7-3-9(14)4-7/h2,5,7,9,14H,3-4H2,1H3,(H,11,12). The predicted molar refractivity (Wildman–Crippen MR) is 58.3 cm³/mol. The molecule has 0 aromatic carbocycles. The highest BCUT2D eigenvalue weighted by Crippen LogP contribution is 2.25. The van der Waals surface area contributed by atoms with Crippen molar-refractivity contribution >= 4 is 11.5 Å². The van der Waals surface area contributed by atoms with E-state index in [1.807, 2.05) is 0 Å². The Morgan fingerprint density at radius 3 is 2.81 bits per heavy atom. The van der Waals surface area contributed by atoms with Crippen LogP contribution >= 0.6 is 0 Å². The smallest absolute Gasteiger partial charge is 0.287 e. The van der Waals surface area contributed by atoms with E-state index in [0.29, 0.717) is 18.7 Å². The first-order chi connectivity index (χ1) is 7.56. The number of aryl methyl sites for hydroxylation is 1. The third-order valence-electron chi connectivity index (χ3n) is 2.73. The van der Waals surface area contributed by atoms with E-state index in [0.717, 1.165) is 5.56 Å². The first-order valence-corrected chi connectivity index (χ1v) is 5.12. The van der Waals surface area contributed by atoms with Crippen LogP contribution in [0.1, 0.15) is 18.4 Å². The molecule has 16 heavy (non-hydrogen) atoms. The van der Waals surface area contributed by atoms with Gasteiger partial charge in [-0.1, -0.05) is 0 Å². The molecule has 6 nitrogen and oxygen atoms in total. The molecule has 1 saturated carbocycles. The van der Waals surface area contributed by atoms with E-state index in [1.54, 1.807) is 6.92 Å². The fraction of sp³-hybridized carbons (Fsp3) is 0.500. The Bertz CT molecular complexity index is 416. The number of nitrogens with one attached hydrogen (secondary N) is 1. The third-order valence-corrected chi connectivity index (χ3v) is 2.73. The number of rotatable bonds is 3. The summed E-state index contributed by atoms with van der Waals surface area (Å²) in [5.74, 6) is 0.655. The highest BCUT2D eigenvalue weighted by atomic mass is 16.6. The van der Waals surface area contributed by atoms with Gasteiger partial charge < -0.3 is 10.4 Å². The molecule has 0 radical (unpaired) electrons. The fourth-order valence-corrected chi connectivity index (χ4v) is 1.71. The maximum atomic E-state index is 10.5. The summed E-state index contributed by atoms with van der Waals surface area (Å²) in [6.07, 6.45) is 2.43. The van der Waals surface area contributed by atoms with E-state index in [1.165, 1.54) is 12.3 Å². The van der Waals surface area contributed by atoms with Crippen LogP contribution in [0.4, 0.5) is 11.5 Å². The van der Waals surface area contributed by atoms with Crippen molar-refractivity contribution in [3.8, 4) is 0 Å². The highest BCUT2D eigenvalue weighted by molar-refractivity contribution is 5.49. The molecule has 1 aliphatic rings. The number of aliphatic hydroxyl groups is 1. The molecular formula is C10H13N3O3. The molecule has 0 bridgehead atoms. The summed E-state index contributed by atoms with van der Waals surface area (Å²) in [6.45, 7) is 1.78. The lowest BCUT2D eigenvalue weighted by atomic mass is 9.89. The van der Waals surface area contributed by atoms with Crippen molar-refractivity contribution in [2.24, 2.45) is 0 Å². The summed E-state index contributed by atoms with van der Waals surface area (Å²) in [5.41, 5.74) is 0.743. The zero-order valence-electron chi connectivity index (χ0n) is 8.88. The first kappa shape index (κ1) is 10.8. The molecule has 1 fully saturated rings. The zero-order valence-corrected chi connectivity index (χ0v) is 8.88. The van der Waals surface area contributed by atoms with Crippen LogP contribution in [-0.4, -0.2) is 27.2 Å². The molecule has 2 rings (SSSR count). The SMILES string of the molecule is Cc1cc([N+](=O)[O-])cnc1NC1CC(O)C1. The Balaban J connectivity index is 2.07. The summed E-state index contributed by atoms with van der Waals surface area (Å²) >= 11 is 0. The number of pyridine rings is 1. The molecule has 1 aromatic heterocycles. The summed E-state index contributed by atoms with van der Waals surface area (Å²) < 4.78 is 0. The largest absolute Gasteiger partial charge is 0.393 e. The predicted octanol–water partition coefficient (Wildman–Crippen LogP) is 1.23. The van der Waals surface area contributed by atoms with Crippen molar-refractivity contribution in [2.75, 3.05) is 5.32 Å². The number of hydrogen-bond donors (Lipinski definition) is 2. The van der Waals surface area contributed by atoms with Gasteiger partial charge in [-0.15, -0.1) is 0 Å². The minimum absolute atomic E-state index is 0.00306. The van der Waals surface area contributed by atoms with Crippen LogP contribution in [0.15, 0.2) is 12.3 Å². The quantitative estimate of drug-likeness (QED) is 0.594. The molecule has 86 valence electrons. The van der Waals surface area contributed by atoms with E-state index < -0.39 is 4.92 Å². The average molecular weight is 223 g/mol. The maximum Gasteiger partial charge on any atom is 0.287 e. The van der Waals surface area contributed by atoms with Crippen molar-refractivity contribution in [3.63, 3.8) is 0 Å². The summed E-state index contributed by atoms with van der Waals surface area (Å²) in [6, 6.07) is 1.72. The van der Waals surface area contributed by atoms with Crippen molar-refractivity contribution in [1.29, 1.82) is 0 Å². The molecule has 0 amide bonds. The second kappa shape index (κ2) is 4.05. The van der Waals surface area contributed by atoms with Crippen LogP contribution < -0.4 is 5.32 Å². The first-order valence-electron chi connectivity index (χ1n) is 5.12. The molecular weight excluding hydrogens is 210 g/mol. The molecule has 0 unspecified atom stereocenters. The second-order valence-electron chi connectivity index (χ2n) is 4.08. The van der Waals surface area contributed by atoms with E-state index in [-0.39, 0.29) is 17.8 Å². The van der Waals surface area contributed by atoms with Gasteiger partial charge in [0.1, 0.15) is 12.0 Å². The van der Waals surface area contributed by atoms with Gasteiger partial charge in [-0.2, -0.15) is 0 Å². The summed E-state index contributed by atoms with van der Waals surface area (Å²) in [4.78, 5) is 14.1. The van der Waals surface area contributed by atoms with Gasteiger partial charge in [0, 0.05) is 12.1 Å². The van der Waals surface area contributed by atoms with Crippen molar-refractivity contribution < 1.29 is 10.0 Å². The molecule has 0 aliphatic heterocycles.